The highest BCUT2D eigenvalue weighted by atomic mass is 16.7. The van der Waals surface area contributed by atoms with Crippen molar-refractivity contribution >= 4 is 11.9 Å². The molecule has 0 aliphatic heterocycles. The van der Waals surface area contributed by atoms with Crippen molar-refractivity contribution in [2.24, 2.45) is 5.73 Å². The highest BCUT2D eigenvalue weighted by Crippen LogP contribution is 1.81. The number of carbonyl (C=O) groups is 2. The zero-order chi connectivity index (χ0) is 10.3. The Labute approximate surface area is 75.2 Å². The SMILES string of the molecule is CCNOC(=O)C(O)NC(=O)CN. The molecule has 0 fully saturated rings. The molecule has 0 bridgehead atoms. The Kier molecular flexibility index (Phi) is 5.77. The lowest BCUT2D eigenvalue weighted by molar-refractivity contribution is -0.164. The van der Waals surface area contributed by atoms with E-state index < -0.39 is 18.1 Å². The van der Waals surface area contributed by atoms with E-state index in [0.29, 0.717) is 6.54 Å². The van der Waals surface area contributed by atoms with Crippen molar-refractivity contribution < 1.29 is 19.5 Å². The summed E-state index contributed by atoms with van der Waals surface area (Å²) in [5.74, 6) is -1.62. The number of nitrogens with one attached hydrogen (secondary N) is 2. The lowest BCUT2D eigenvalue weighted by Crippen LogP contribution is -2.45. The number of aliphatic hydroxyl groups is 1. The highest BCUT2D eigenvalue weighted by molar-refractivity contribution is 5.84. The summed E-state index contributed by atoms with van der Waals surface area (Å²) in [7, 11) is 0. The molecule has 0 saturated heterocycles. The van der Waals surface area contributed by atoms with Gasteiger partial charge < -0.3 is 21.0 Å². The molecular formula is C6H13N3O4. The number of nitrogens with two attached hydrogens (primary N) is 1. The lowest BCUT2D eigenvalue weighted by atomic mass is 10.5. The second-order valence-electron chi connectivity index (χ2n) is 2.09. The molecule has 1 amide bonds. The molecule has 0 aromatic rings. The molecule has 7 heteroatoms. The Balaban J connectivity index is 3.75. The second kappa shape index (κ2) is 6.35. The van der Waals surface area contributed by atoms with E-state index in [0.717, 1.165) is 0 Å². The first-order valence-electron chi connectivity index (χ1n) is 3.72. The molecule has 0 aromatic carbocycles. The first-order chi connectivity index (χ1) is 6.11. The Morgan fingerprint density at radius 1 is 1.62 bits per heavy atom. The molecule has 76 valence electrons. The van der Waals surface area contributed by atoms with Crippen LogP contribution in [0.3, 0.4) is 0 Å². The van der Waals surface area contributed by atoms with Gasteiger partial charge in [0.05, 0.1) is 6.54 Å². The number of hydrogen-bond donors (Lipinski definition) is 4. The summed E-state index contributed by atoms with van der Waals surface area (Å²) in [6.07, 6.45) is -1.69. The van der Waals surface area contributed by atoms with Crippen molar-refractivity contribution in [3.05, 3.63) is 0 Å². The van der Waals surface area contributed by atoms with Crippen molar-refractivity contribution in [2.45, 2.75) is 13.2 Å². The average Bonchev–Trinajstić information content (AvgIpc) is 2.13. The summed E-state index contributed by atoms with van der Waals surface area (Å²) in [5, 5.41) is 10.9. The van der Waals surface area contributed by atoms with Crippen LogP contribution in [0.25, 0.3) is 0 Å². The summed E-state index contributed by atoms with van der Waals surface area (Å²) in [4.78, 5) is 25.6. The molecule has 0 radical (unpaired) electrons. The van der Waals surface area contributed by atoms with Crippen molar-refractivity contribution in [3.8, 4) is 0 Å². The monoisotopic (exact) mass is 191 g/mol. The van der Waals surface area contributed by atoms with Gasteiger partial charge in [0.2, 0.25) is 12.1 Å². The van der Waals surface area contributed by atoms with Crippen LogP contribution in [0.1, 0.15) is 6.92 Å². The summed E-state index contributed by atoms with van der Waals surface area (Å²) < 4.78 is 0. The molecule has 0 heterocycles. The van der Waals surface area contributed by atoms with E-state index >= 15 is 0 Å². The maximum atomic E-state index is 10.8. The van der Waals surface area contributed by atoms with Gasteiger partial charge in [0.1, 0.15) is 0 Å². The second-order valence-corrected chi connectivity index (χ2v) is 2.09. The van der Waals surface area contributed by atoms with Crippen molar-refractivity contribution in [1.29, 1.82) is 0 Å². The molecule has 5 N–H and O–H groups in total. The summed E-state index contributed by atoms with van der Waals surface area (Å²) in [6.45, 7) is 1.81. The van der Waals surface area contributed by atoms with E-state index in [4.69, 9.17) is 10.8 Å². The van der Waals surface area contributed by atoms with Gasteiger partial charge in [-0.25, -0.2) is 4.79 Å². The van der Waals surface area contributed by atoms with Crippen LogP contribution < -0.4 is 16.5 Å². The first kappa shape index (κ1) is 11.8. The van der Waals surface area contributed by atoms with Crippen molar-refractivity contribution in [2.75, 3.05) is 13.1 Å². The molecular weight excluding hydrogens is 178 g/mol. The molecule has 1 unspecified atom stereocenters. The fraction of sp³-hybridized carbons (Fsp3) is 0.667. The van der Waals surface area contributed by atoms with Gasteiger partial charge in [0.25, 0.3) is 0 Å². The topological polar surface area (TPSA) is 114 Å². The predicted molar refractivity (Wildman–Crippen MR) is 43.0 cm³/mol. The summed E-state index contributed by atoms with van der Waals surface area (Å²) in [6, 6.07) is 0. The fourth-order valence-corrected chi connectivity index (χ4v) is 0.469. The molecule has 13 heavy (non-hydrogen) atoms. The highest BCUT2D eigenvalue weighted by Gasteiger charge is 2.18. The van der Waals surface area contributed by atoms with Crippen LogP contribution in [0.2, 0.25) is 0 Å². The first-order valence-corrected chi connectivity index (χ1v) is 3.72. The maximum absolute atomic E-state index is 10.8. The number of aliphatic hydroxyl groups excluding tert-OH is 1. The van der Waals surface area contributed by atoms with Crippen LogP contribution in [-0.2, 0) is 14.4 Å². The quantitative estimate of drug-likeness (QED) is 0.281. The third-order valence-electron chi connectivity index (χ3n) is 1.02. The Bertz CT molecular complexity index is 185. The maximum Gasteiger partial charge on any atom is 0.374 e. The zero-order valence-corrected chi connectivity index (χ0v) is 7.24. The number of carbonyl (C=O) groups excluding carboxylic acids is 2. The molecule has 1 atom stereocenters. The van der Waals surface area contributed by atoms with Crippen molar-refractivity contribution in [1.82, 2.24) is 10.8 Å². The van der Waals surface area contributed by atoms with Gasteiger partial charge in [-0.05, 0) is 6.92 Å². The number of hydroxylamine groups is 1. The standard InChI is InChI=1S/C6H13N3O4/c1-2-8-13-6(12)5(11)9-4(10)3-7/h5,8,11H,2-3,7H2,1H3,(H,9,10). The lowest BCUT2D eigenvalue weighted by Gasteiger charge is -2.10. The van der Waals surface area contributed by atoms with Gasteiger partial charge in [-0.1, -0.05) is 0 Å². The number of amides is 1. The molecule has 0 spiro atoms. The molecule has 0 rings (SSSR count). The fourth-order valence-electron chi connectivity index (χ4n) is 0.469. The van der Waals surface area contributed by atoms with E-state index in [1.165, 1.54) is 0 Å². The van der Waals surface area contributed by atoms with E-state index in [1.54, 1.807) is 6.92 Å². The molecule has 0 aliphatic rings. The minimum absolute atomic E-state index is 0.300. The van der Waals surface area contributed by atoms with Gasteiger partial charge in [0.15, 0.2) is 0 Å². The Hall–Kier alpha value is -1.18. The molecule has 7 nitrogen and oxygen atoms in total. The summed E-state index contributed by atoms with van der Waals surface area (Å²) in [5.41, 5.74) is 7.16. The third kappa shape index (κ3) is 5.12. The van der Waals surface area contributed by atoms with Gasteiger partial charge in [0, 0.05) is 6.54 Å². The number of rotatable bonds is 5. The van der Waals surface area contributed by atoms with Gasteiger partial charge in [-0.2, -0.15) is 5.48 Å². The van der Waals surface area contributed by atoms with Crippen molar-refractivity contribution in [3.63, 3.8) is 0 Å². The minimum atomic E-state index is -1.69. The van der Waals surface area contributed by atoms with Crippen LogP contribution in [0.5, 0.6) is 0 Å². The van der Waals surface area contributed by atoms with Crippen LogP contribution in [0, 0.1) is 0 Å². The van der Waals surface area contributed by atoms with E-state index in [1.807, 2.05) is 5.32 Å². The Morgan fingerprint density at radius 3 is 2.69 bits per heavy atom. The van der Waals surface area contributed by atoms with E-state index in [9.17, 15) is 9.59 Å². The van der Waals surface area contributed by atoms with E-state index in [-0.39, 0.29) is 6.54 Å². The Morgan fingerprint density at radius 2 is 2.23 bits per heavy atom. The molecule has 0 aromatic heterocycles. The molecule has 0 saturated carbocycles. The predicted octanol–water partition coefficient (Wildman–Crippen LogP) is -2.55. The van der Waals surface area contributed by atoms with Gasteiger partial charge in [-0.15, -0.1) is 0 Å². The van der Waals surface area contributed by atoms with Crippen LogP contribution in [-0.4, -0.2) is 36.3 Å². The average molecular weight is 191 g/mol. The third-order valence-corrected chi connectivity index (χ3v) is 1.02. The normalized spacial score (nSPS) is 11.9. The van der Waals surface area contributed by atoms with Crippen LogP contribution in [0.4, 0.5) is 0 Å². The largest absolute Gasteiger partial charge is 0.374 e. The van der Waals surface area contributed by atoms with Gasteiger partial charge >= 0.3 is 5.97 Å². The summed E-state index contributed by atoms with van der Waals surface area (Å²) >= 11 is 0. The van der Waals surface area contributed by atoms with Crippen LogP contribution in [0.15, 0.2) is 0 Å². The number of hydrogen-bond acceptors (Lipinski definition) is 6. The van der Waals surface area contributed by atoms with Gasteiger partial charge in [-0.3, -0.25) is 4.79 Å². The van der Waals surface area contributed by atoms with E-state index in [2.05, 4.69) is 10.3 Å². The minimum Gasteiger partial charge on any atom is -0.367 e. The smallest absolute Gasteiger partial charge is 0.367 e. The molecule has 0 aliphatic carbocycles. The zero-order valence-electron chi connectivity index (χ0n) is 7.24. The van der Waals surface area contributed by atoms with Crippen LogP contribution >= 0.6 is 0 Å².